The van der Waals surface area contributed by atoms with Gasteiger partial charge in [-0.05, 0) is 50.2 Å². The van der Waals surface area contributed by atoms with Gasteiger partial charge in [-0.25, -0.2) is 0 Å². The zero-order chi connectivity index (χ0) is 16.4. The molecule has 1 saturated carbocycles. The average molecular weight is 352 g/mol. The van der Waals surface area contributed by atoms with E-state index in [1.54, 1.807) is 0 Å². The highest BCUT2D eigenvalue weighted by Gasteiger charge is 2.25. The number of nitrogens with one attached hydrogen (secondary N) is 2. The third kappa shape index (κ3) is 4.64. The molecule has 2 N–H and O–H groups in total. The number of hydrogen-bond acceptors (Lipinski definition) is 3. The Kier molecular flexibility index (Phi) is 6.16. The van der Waals surface area contributed by atoms with E-state index in [-0.39, 0.29) is 12.4 Å². The van der Waals surface area contributed by atoms with E-state index in [4.69, 9.17) is 4.74 Å². The topological polar surface area (TPSA) is 49.9 Å². The van der Waals surface area contributed by atoms with Crippen molar-refractivity contribution < 1.29 is 4.74 Å². The minimum atomic E-state index is 0. The first-order chi connectivity index (χ1) is 10.9. The number of fused-ring (bicyclic) bond motifs is 1. The van der Waals surface area contributed by atoms with Gasteiger partial charge in [-0.1, -0.05) is 20.8 Å². The Bertz CT molecular complexity index is 662. The molecule has 0 radical (unpaired) electrons. The van der Waals surface area contributed by atoms with Gasteiger partial charge in [0, 0.05) is 23.5 Å². The van der Waals surface area contributed by atoms with Gasteiger partial charge in [0.2, 0.25) is 0 Å². The molecule has 134 valence electrons. The van der Waals surface area contributed by atoms with Crippen LogP contribution in [-0.2, 0) is 0 Å². The molecule has 2 aromatic rings. The molecule has 1 aromatic carbocycles. The fourth-order valence-corrected chi connectivity index (χ4v) is 3.33. The molecule has 4 nitrogen and oxygen atoms in total. The van der Waals surface area contributed by atoms with Crippen molar-refractivity contribution in [1.82, 2.24) is 15.5 Å². The van der Waals surface area contributed by atoms with E-state index < -0.39 is 0 Å². The lowest BCUT2D eigenvalue weighted by atomic mass is 9.90. The van der Waals surface area contributed by atoms with Crippen LogP contribution in [0.25, 0.3) is 10.9 Å². The fourth-order valence-electron chi connectivity index (χ4n) is 3.33. The third-order valence-corrected chi connectivity index (χ3v) is 4.68. The number of aromatic nitrogens is 2. The van der Waals surface area contributed by atoms with Gasteiger partial charge < -0.3 is 10.1 Å². The van der Waals surface area contributed by atoms with Gasteiger partial charge in [-0.15, -0.1) is 12.4 Å². The van der Waals surface area contributed by atoms with Crippen LogP contribution in [0.2, 0.25) is 0 Å². The summed E-state index contributed by atoms with van der Waals surface area (Å²) in [5, 5.41) is 12.0. The van der Waals surface area contributed by atoms with Crippen molar-refractivity contribution >= 4 is 23.3 Å². The quantitative estimate of drug-likeness (QED) is 0.845. The summed E-state index contributed by atoms with van der Waals surface area (Å²) in [4.78, 5) is 0. The van der Waals surface area contributed by atoms with Crippen molar-refractivity contribution in [3.05, 3.63) is 23.9 Å². The summed E-state index contributed by atoms with van der Waals surface area (Å²) in [6, 6.07) is 4.70. The van der Waals surface area contributed by atoms with Gasteiger partial charge in [0.25, 0.3) is 0 Å². The van der Waals surface area contributed by atoms with Crippen LogP contribution in [0.3, 0.4) is 0 Å². The maximum absolute atomic E-state index is 6.34. The summed E-state index contributed by atoms with van der Waals surface area (Å²) in [6.45, 7) is 10.0. The van der Waals surface area contributed by atoms with Gasteiger partial charge in [-0.3, -0.25) is 5.10 Å². The van der Waals surface area contributed by atoms with Crippen LogP contribution in [0, 0.1) is 12.3 Å². The van der Waals surface area contributed by atoms with E-state index in [2.05, 4.69) is 55.3 Å². The highest BCUT2D eigenvalue weighted by molar-refractivity contribution is 5.85. The Morgan fingerprint density at radius 3 is 2.83 bits per heavy atom. The molecule has 1 aliphatic rings. The van der Waals surface area contributed by atoms with Crippen LogP contribution in [0.4, 0.5) is 0 Å². The summed E-state index contributed by atoms with van der Waals surface area (Å²) in [5.41, 5.74) is 2.58. The lowest BCUT2D eigenvalue weighted by Gasteiger charge is -2.32. The Labute approximate surface area is 151 Å². The second kappa shape index (κ2) is 7.75. The van der Waals surface area contributed by atoms with Crippen molar-refractivity contribution in [1.29, 1.82) is 0 Å². The van der Waals surface area contributed by atoms with E-state index in [0.717, 1.165) is 36.0 Å². The first-order valence-electron chi connectivity index (χ1n) is 8.75. The number of halogens is 1. The molecule has 1 aromatic heterocycles. The summed E-state index contributed by atoms with van der Waals surface area (Å²) < 4.78 is 6.34. The monoisotopic (exact) mass is 351 g/mol. The molecule has 0 saturated heterocycles. The minimum Gasteiger partial charge on any atom is -0.490 e. The predicted molar refractivity (Wildman–Crippen MR) is 102 cm³/mol. The first-order valence-corrected chi connectivity index (χ1v) is 8.75. The number of hydrogen-bond donors (Lipinski definition) is 2. The molecule has 1 heterocycles. The molecule has 3 rings (SSSR count). The maximum Gasteiger partial charge on any atom is 0.123 e. The minimum absolute atomic E-state index is 0. The lowest BCUT2D eigenvalue weighted by Crippen LogP contribution is -2.41. The van der Waals surface area contributed by atoms with E-state index in [1.165, 1.54) is 18.4 Å². The zero-order valence-electron chi connectivity index (χ0n) is 15.2. The lowest BCUT2D eigenvalue weighted by molar-refractivity contribution is 0.130. The van der Waals surface area contributed by atoms with Crippen molar-refractivity contribution in [2.75, 3.05) is 6.54 Å². The van der Waals surface area contributed by atoms with Gasteiger partial charge in [0.05, 0.1) is 11.7 Å². The third-order valence-electron chi connectivity index (χ3n) is 4.68. The molecule has 0 bridgehead atoms. The Morgan fingerprint density at radius 1 is 1.29 bits per heavy atom. The molecule has 0 amide bonds. The Hall–Kier alpha value is -1.26. The fraction of sp³-hybridized carbons (Fsp3) is 0.632. The summed E-state index contributed by atoms with van der Waals surface area (Å²) in [7, 11) is 0. The largest absolute Gasteiger partial charge is 0.490 e. The smallest absolute Gasteiger partial charge is 0.123 e. The van der Waals surface area contributed by atoms with Crippen molar-refractivity contribution in [2.45, 2.75) is 65.5 Å². The van der Waals surface area contributed by atoms with E-state index >= 15 is 0 Å². The van der Waals surface area contributed by atoms with Gasteiger partial charge in [0.15, 0.2) is 0 Å². The number of benzene rings is 1. The summed E-state index contributed by atoms with van der Waals surface area (Å²) >= 11 is 0. The molecule has 1 fully saturated rings. The second-order valence-electron chi connectivity index (χ2n) is 8.06. The molecule has 24 heavy (non-hydrogen) atoms. The zero-order valence-corrected chi connectivity index (χ0v) is 16.0. The number of ether oxygens (including phenoxy) is 1. The van der Waals surface area contributed by atoms with Crippen molar-refractivity contribution in [3.8, 4) is 5.75 Å². The number of nitrogens with zero attached hydrogens (tertiary/aromatic N) is 1. The average Bonchev–Trinajstić information content (AvgIpc) is 2.97. The first kappa shape index (κ1) is 19.1. The Morgan fingerprint density at radius 2 is 2.08 bits per heavy atom. The van der Waals surface area contributed by atoms with Crippen LogP contribution in [-0.4, -0.2) is 28.9 Å². The number of aryl methyl sites for hydroxylation is 1. The molecular weight excluding hydrogens is 322 g/mol. The van der Waals surface area contributed by atoms with Crippen LogP contribution in [0.5, 0.6) is 5.75 Å². The predicted octanol–water partition coefficient (Wildman–Crippen LogP) is 4.62. The standard InChI is InChI=1S/C19H29N3O.ClH/c1-13-16-11-21-22-17(16)8-9-18(13)23-15-7-5-6-14(10-15)20-12-19(2,3)4;/h8-9,11,14-15,20H,5-7,10,12H2,1-4H3,(H,21,22);1H/t14-,15+;/m1./s1. The maximum atomic E-state index is 6.34. The van der Waals surface area contributed by atoms with Crippen molar-refractivity contribution in [3.63, 3.8) is 0 Å². The molecule has 2 atom stereocenters. The normalized spacial score (nSPS) is 21.5. The molecule has 5 heteroatoms. The molecule has 0 spiro atoms. The number of rotatable bonds is 4. The Balaban J connectivity index is 0.00000208. The molecule has 0 unspecified atom stereocenters. The van der Waals surface area contributed by atoms with E-state index in [9.17, 15) is 0 Å². The van der Waals surface area contributed by atoms with Crippen LogP contribution in [0.1, 0.15) is 52.0 Å². The molecular formula is C19H30ClN3O. The van der Waals surface area contributed by atoms with Crippen LogP contribution < -0.4 is 10.1 Å². The number of H-pyrrole nitrogens is 1. The SMILES string of the molecule is Cc1c(O[C@H]2CCC[C@@H](NCC(C)(C)C)C2)ccc2[nH]ncc12.Cl. The molecule has 1 aliphatic carbocycles. The van der Waals surface area contributed by atoms with Crippen LogP contribution >= 0.6 is 12.4 Å². The second-order valence-corrected chi connectivity index (χ2v) is 8.06. The van der Waals surface area contributed by atoms with E-state index in [0.29, 0.717) is 17.6 Å². The highest BCUT2D eigenvalue weighted by atomic mass is 35.5. The number of aromatic amines is 1. The summed E-state index contributed by atoms with van der Waals surface area (Å²) in [5.74, 6) is 1.00. The van der Waals surface area contributed by atoms with E-state index in [1.807, 2.05) is 6.20 Å². The van der Waals surface area contributed by atoms with Gasteiger partial charge in [0.1, 0.15) is 11.9 Å². The van der Waals surface area contributed by atoms with Gasteiger partial charge in [-0.2, -0.15) is 5.10 Å². The highest BCUT2D eigenvalue weighted by Crippen LogP contribution is 2.30. The molecule has 0 aliphatic heterocycles. The van der Waals surface area contributed by atoms with Crippen LogP contribution in [0.15, 0.2) is 18.3 Å². The van der Waals surface area contributed by atoms with Gasteiger partial charge >= 0.3 is 0 Å². The summed E-state index contributed by atoms with van der Waals surface area (Å²) in [6.07, 6.45) is 6.93. The van der Waals surface area contributed by atoms with Crippen molar-refractivity contribution in [2.24, 2.45) is 5.41 Å².